The lowest BCUT2D eigenvalue weighted by Crippen LogP contribution is -2.56. The van der Waals surface area contributed by atoms with Gasteiger partial charge in [-0.25, -0.2) is 0 Å². The molecule has 0 atom stereocenters. The SMILES string of the molecule is CCC[Si](CCC)(CCC)[Si](C)(C)C. The third-order valence-corrected chi connectivity index (χ3v) is 23.1. The molecule has 0 aliphatic carbocycles. The summed E-state index contributed by atoms with van der Waals surface area (Å²) in [7, 11) is -1.72. The quantitative estimate of drug-likeness (QED) is 0.535. The van der Waals surface area contributed by atoms with E-state index in [-0.39, 0.29) is 0 Å². The second-order valence-electron chi connectivity index (χ2n) is 5.78. The van der Waals surface area contributed by atoms with E-state index in [1.165, 1.54) is 19.3 Å². The Morgan fingerprint density at radius 3 is 1.07 bits per heavy atom. The van der Waals surface area contributed by atoms with Gasteiger partial charge in [0.1, 0.15) is 0 Å². The van der Waals surface area contributed by atoms with Crippen LogP contribution in [0.25, 0.3) is 0 Å². The Bertz CT molecular complexity index is 130. The van der Waals surface area contributed by atoms with Crippen LogP contribution in [0.5, 0.6) is 0 Å². The molecule has 0 saturated carbocycles. The van der Waals surface area contributed by atoms with Crippen LogP contribution in [0.4, 0.5) is 0 Å². The summed E-state index contributed by atoms with van der Waals surface area (Å²) in [5.74, 6) is 0. The molecule has 86 valence electrons. The zero-order valence-electron chi connectivity index (χ0n) is 11.2. The van der Waals surface area contributed by atoms with Gasteiger partial charge in [0.15, 0.2) is 0 Å². The van der Waals surface area contributed by atoms with Crippen LogP contribution in [0.3, 0.4) is 0 Å². The van der Waals surface area contributed by atoms with Crippen molar-refractivity contribution in [1.29, 1.82) is 0 Å². The third-order valence-electron chi connectivity index (χ3n) is 3.78. The first-order valence-corrected chi connectivity index (χ1v) is 13.6. The Hall–Kier alpha value is 0.434. The maximum absolute atomic E-state index is 2.63. The molecule has 0 amide bonds. The maximum atomic E-state index is 2.63. The molecule has 14 heavy (non-hydrogen) atoms. The van der Waals surface area contributed by atoms with Crippen molar-refractivity contribution in [3.63, 3.8) is 0 Å². The summed E-state index contributed by atoms with van der Waals surface area (Å²) in [5, 5.41) is 0. The molecule has 0 aliphatic rings. The first-order chi connectivity index (χ1) is 6.43. The molecule has 0 unspecified atom stereocenters. The second-order valence-corrected chi connectivity index (χ2v) is 22.0. The zero-order chi connectivity index (χ0) is 11.2. The van der Waals surface area contributed by atoms with Crippen LogP contribution < -0.4 is 0 Å². The van der Waals surface area contributed by atoms with E-state index in [4.69, 9.17) is 0 Å². The van der Waals surface area contributed by atoms with E-state index in [9.17, 15) is 0 Å². The molecule has 0 bridgehead atoms. The highest BCUT2D eigenvalue weighted by Gasteiger charge is 2.42. The van der Waals surface area contributed by atoms with Crippen molar-refractivity contribution < 1.29 is 0 Å². The van der Waals surface area contributed by atoms with E-state index in [0.717, 1.165) is 0 Å². The van der Waals surface area contributed by atoms with E-state index >= 15 is 0 Å². The molecule has 0 aromatic heterocycles. The fraction of sp³-hybridized carbons (Fsp3) is 1.00. The van der Waals surface area contributed by atoms with Crippen LogP contribution in [-0.4, -0.2) is 15.2 Å². The van der Waals surface area contributed by atoms with Crippen LogP contribution in [0, 0.1) is 0 Å². The molecule has 0 aliphatic heterocycles. The highest BCUT2D eigenvalue weighted by molar-refractivity contribution is 7.41. The molecule has 0 N–H and O–H groups in total. The zero-order valence-corrected chi connectivity index (χ0v) is 13.2. The minimum Gasteiger partial charge on any atom is -0.0715 e. The van der Waals surface area contributed by atoms with Gasteiger partial charge in [-0.3, -0.25) is 0 Å². The lowest BCUT2D eigenvalue weighted by molar-refractivity contribution is 0.942. The average molecular weight is 231 g/mol. The summed E-state index contributed by atoms with van der Waals surface area (Å²) in [6.07, 6.45) is 4.28. The molecular weight excluding hydrogens is 200 g/mol. The molecule has 2 heteroatoms. The molecule has 0 saturated heterocycles. The number of hydrogen-bond donors (Lipinski definition) is 0. The van der Waals surface area contributed by atoms with Crippen molar-refractivity contribution in [3.8, 4) is 0 Å². The van der Waals surface area contributed by atoms with Gasteiger partial charge in [0.25, 0.3) is 0 Å². The van der Waals surface area contributed by atoms with Gasteiger partial charge in [0.05, 0.1) is 0 Å². The average Bonchev–Trinajstić information content (AvgIpc) is 2.03. The Kier molecular flexibility index (Phi) is 6.30. The molecule has 0 nitrogen and oxygen atoms in total. The van der Waals surface area contributed by atoms with E-state index in [2.05, 4.69) is 40.4 Å². The third kappa shape index (κ3) is 3.54. The highest BCUT2D eigenvalue weighted by atomic mass is 29.3. The van der Waals surface area contributed by atoms with E-state index in [1.807, 2.05) is 0 Å². The van der Waals surface area contributed by atoms with Crippen molar-refractivity contribution in [3.05, 3.63) is 0 Å². The smallest absolute Gasteiger partial charge is 0.0470 e. The second kappa shape index (κ2) is 6.11. The minimum atomic E-state index is -0.861. The van der Waals surface area contributed by atoms with Crippen molar-refractivity contribution in [2.45, 2.75) is 77.8 Å². The van der Waals surface area contributed by atoms with Gasteiger partial charge < -0.3 is 0 Å². The summed E-state index contributed by atoms with van der Waals surface area (Å²) in [5.41, 5.74) is 0. The molecule has 0 radical (unpaired) electrons. The summed E-state index contributed by atoms with van der Waals surface area (Å²) in [4.78, 5) is 0. The topological polar surface area (TPSA) is 0 Å². The standard InChI is InChI=1S/C12H30Si2/c1-7-10-14(11-8-2,12-9-3)13(4,5)6/h7-12H2,1-6H3. The van der Waals surface area contributed by atoms with Crippen LogP contribution in [0.2, 0.25) is 37.8 Å². The van der Waals surface area contributed by atoms with Crippen molar-refractivity contribution in [2.24, 2.45) is 0 Å². The van der Waals surface area contributed by atoms with E-state index < -0.39 is 15.2 Å². The normalized spacial score (nSPS) is 13.3. The molecule has 0 aromatic rings. The largest absolute Gasteiger partial charge is 0.0715 e. The van der Waals surface area contributed by atoms with Crippen LogP contribution >= 0.6 is 0 Å². The van der Waals surface area contributed by atoms with Gasteiger partial charge >= 0.3 is 0 Å². The summed E-state index contributed by atoms with van der Waals surface area (Å²) in [6, 6.07) is 4.80. The van der Waals surface area contributed by atoms with Gasteiger partial charge in [-0.2, -0.15) is 0 Å². The highest BCUT2D eigenvalue weighted by Crippen LogP contribution is 2.34. The van der Waals surface area contributed by atoms with Gasteiger partial charge in [-0.15, -0.1) is 0 Å². The maximum Gasteiger partial charge on any atom is 0.0470 e. The van der Waals surface area contributed by atoms with Gasteiger partial charge in [0.2, 0.25) is 0 Å². The fourth-order valence-electron chi connectivity index (χ4n) is 2.94. The first kappa shape index (κ1) is 14.4. The molecule has 0 heterocycles. The lowest BCUT2D eigenvalue weighted by Gasteiger charge is -2.42. The minimum absolute atomic E-state index is 0.858. The predicted molar refractivity (Wildman–Crippen MR) is 74.4 cm³/mol. The summed E-state index contributed by atoms with van der Waals surface area (Å²) >= 11 is 0. The van der Waals surface area contributed by atoms with Gasteiger partial charge in [-0.05, 0) is 0 Å². The van der Waals surface area contributed by atoms with Crippen molar-refractivity contribution in [1.82, 2.24) is 0 Å². The van der Waals surface area contributed by atoms with Crippen LogP contribution in [0.15, 0.2) is 0 Å². The molecule has 0 aromatic carbocycles. The van der Waals surface area contributed by atoms with Crippen molar-refractivity contribution >= 4 is 15.2 Å². The van der Waals surface area contributed by atoms with Gasteiger partial charge in [0, 0.05) is 15.2 Å². The van der Waals surface area contributed by atoms with E-state index in [1.54, 1.807) is 18.1 Å². The Morgan fingerprint density at radius 2 is 0.929 bits per heavy atom. The number of rotatable bonds is 7. The fourth-order valence-corrected chi connectivity index (χ4v) is 17.8. The molecule has 0 fully saturated rings. The van der Waals surface area contributed by atoms with Crippen LogP contribution in [-0.2, 0) is 0 Å². The van der Waals surface area contributed by atoms with Crippen LogP contribution in [0.1, 0.15) is 40.0 Å². The first-order valence-electron chi connectivity index (χ1n) is 6.43. The van der Waals surface area contributed by atoms with E-state index in [0.29, 0.717) is 0 Å². The van der Waals surface area contributed by atoms with Crippen molar-refractivity contribution in [2.75, 3.05) is 0 Å². The molecule has 0 spiro atoms. The Morgan fingerprint density at radius 1 is 0.643 bits per heavy atom. The lowest BCUT2D eigenvalue weighted by atomic mass is 10.6. The molecule has 0 rings (SSSR count). The Labute approximate surface area is 93.3 Å². The monoisotopic (exact) mass is 230 g/mol. The molecular formula is C12H30Si2. The van der Waals surface area contributed by atoms with Gasteiger partial charge in [-0.1, -0.05) is 77.8 Å². The predicted octanol–water partition coefficient (Wildman–Crippen LogP) is 5.08. The Balaban J connectivity index is 4.73. The number of hydrogen-bond acceptors (Lipinski definition) is 0. The summed E-state index contributed by atoms with van der Waals surface area (Å²) < 4.78 is 0. The summed E-state index contributed by atoms with van der Waals surface area (Å²) in [6.45, 7) is 15.0.